The number of pyridine rings is 1. The SMILES string of the molecule is CN(C)c1ccc(OC2CC2)c(CN)n1. The summed E-state index contributed by atoms with van der Waals surface area (Å²) in [5, 5.41) is 0. The van der Waals surface area contributed by atoms with Gasteiger partial charge in [-0.05, 0) is 25.0 Å². The molecule has 1 aliphatic rings. The molecular weight excluding hydrogens is 190 g/mol. The Labute approximate surface area is 90.0 Å². The van der Waals surface area contributed by atoms with E-state index in [4.69, 9.17) is 10.5 Å². The summed E-state index contributed by atoms with van der Waals surface area (Å²) in [7, 11) is 3.92. The Bertz CT molecular complexity index is 348. The Morgan fingerprint density at radius 2 is 2.20 bits per heavy atom. The van der Waals surface area contributed by atoms with E-state index in [-0.39, 0.29) is 0 Å². The lowest BCUT2D eigenvalue weighted by Gasteiger charge is -2.15. The van der Waals surface area contributed by atoms with Gasteiger partial charge in [0.25, 0.3) is 0 Å². The van der Waals surface area contributed by atoms with Crippen LogP contribution in [-0.4, -0.2) is 25.2 Å². The maximum Gasteiger partial charge on any atom is 0.142 e. The first kappa shape index (κ1) is 10.2. The molecule has 0 amide bonds. The molecule has 0 saturated heterocycles. The van der Waals surface area contributed by atoms with E-state index in [0.29, 0.717) is 12.6 Å². The molecule has 1 heterocycles. The van der Waals surface area contributed by atoms with E-state index < -0.39 is 0 Å². The fraction of sp³-hybridized carbons (Fsp3) is 0.545. The van der Waals surface area contributed by atoms with Crippen LogP contribution in [0.5, 0.6) is 5.75 Å². The summed E-state index contributed by atoms with van der Waals surface area (Å²) in [6.45, 7) is 0.420. The van der Waals surface area contributed by atoms with Crippen molar-refractivity contribution in [2.24, 2.45) is 5.73 Å². The second-order valence-corrected chi connectivity index (χ2v) is 4.03. The number of ether oxygens (including phenoxy) is 1. The second kappa shape index (κ2) is 4.06. The minimum Gasteiger partial charge on any atom is -0.488 e. The van der Waals surface area contributed by atoms with Crippen molar-refractivity contribution < 1.29 is 4.74 Å². The summed E-state index contributed by atoms with van der Waals surface area (Å²) in [5.41, 5.74) is 6.50. The van der Waals surface area contributed by atoms with Crippen LogP contribution < -0.4 is 15.4 Å². The third-order valence-corrected chi connectivity index (χ3v) is 2.39. The van der Waals surface area contributed by atoms with Crippen molar-refractivity contribution >= 4 is 5.82 Å². The molecule has 1 aromatic rings. The molecule has 0 atom stereocenters. The standard InChI is InChI=1S/C11H17N3O/c1-14(2)11-6-5-10(9(7-12)13-11)15-8-3-4-8/h5-6,8H,3-4,7,12H2,1-2H3. The molecule has 1 aromatic heterocycles. The van der Waals surface area contributed by atoms with E-state index in [2.05, 4.69) is 4.98 Å². The van der Waals surface area contributed by atoms with Crippen LogP contribution in [0.2, 0.25) is 0 Å². The fourth-order valence-electron chi connectivity index (χ4n) is 1.35. The van der Waals surface area contributed by atoms with E-state index in [1.54, 1.807) is 0 Å². The topological polar surface area (TPSA) is 51.4 Å². The van der Waals surface area contributed by atoms with Crippen LogP contribution in [-0.2, 0) is 6.54 Å². The molecule has 1 aliphatic carbocycles. The lowest BCUT2D eigenvalue weighted by molar-refractivity contribution is 0.298. The molecular formula is C11H17N3O. The van der Waals surface area contributed by atoms with Crippen molar-refractivity contribution in [3.63, 3.8) is 0 Å². The van der Waals surface area contributed by atoms with Gasteiger partial charge in [0.2, 0.25) is 0 Å². The maximum absolute atomic E-state index is 5.72. The molecule has 1 saturated carbocycles. The maximum atomic E-state index is 5.72. The number of aromatic nitrogens is 1. The first-order valence-corrected chi connectivity index (χ1v) is 5.24. The van der Waals surface area contributed by atoms with Gasteiger partial charge in [-0.3, -0.25) is 0 Å². The highest BCUT2D eigenvalue weighted by molar-refractivity contribution is 5.43. The Kier molecular flexibility index (Phi) is 2.77. The van der Waals surface area contributed by atoms with Crippen molar-refractivity contribution in [3.8, 4) is 5.75 Å². The van der Waals surface area contributed by atoms with Crippen molar-refractivity contribution in [3.05, 3.63) is 17.8 Å². The van der Waals surface area contributed by atoms with Crippen LogP contribution >= 0.6 is 0 Å². The predicted octanol–water partition coefficient (Wildman–Crippen LogP) is 1.15. The van der Waals surface area contributed by atoms with Crippen LogP contribution in [0.15, 0.2) is 12.1 Å². The second-order valence-electron chi connectivity index (χ2n) is 4.03. The van der Waals surface area contributed by atoms with Gasteiger partial charge in [-0.25, -0.2) is 4.98 Å². The smallest absolute Gasteiger partial charge is 0.142 e. The van der Waals surface area contributed by atoms with Crippen LogP contribution in [0.25, 0.3) is 0 Å². The fourth-order valence-corrected chi connectivity index (χ4v) is 1.35. The van der Waals surface area contributed by atoms with Crippen LogP contribution in [0.3, 0.4) is 0 Å². The zero-order valence-electron chi connectivity index (χ0n) is 9.23. The lowest BCUT2D eigenvalue weighted by Crippen LogP contribution is -2.13. The van der Waals surface area contributed by atoms with Gasteiger partial charge in [-0.2, -0.15) is 0 Å². The van der Waals surface area contributed by atoms with Gasteiger partial charge < -0.3 is 15.4 Å². The summed E-state index contributed by atoms with van der Waals surface area (Å²) >= 11 is 0. The summed E-state index contributed by atoms with van der Waals surface area (Å²) in [6, 6.07) is 3.92. The number of nitrogens with zero attached hydrogens (tertiary/aromatic N) is 2. The molecule has 15 heavy (non-hydrogen) atoms. The summed E-state index contributed by atoms with van der Waals surface area (Å²) < 4.78 is 5.72. The average Bonchev–Trinajstić information content (AvgIpc) is 3.02. The quantitative estimate of drug-likeness (QED) is 0.804. The van der Waals surface area contributed by atoms with Crippen molar-refractivity contribution in [2.45, 2.75) is 25.5 Å². The van der Waals surface area contributed by atoms with Gasteiger partial charge in [0.1, 0.15) is 11.6 Å². The van der Waals surface area contributed by atoms with Crippen molar-refractivity contribution in [1.29, 1.82) is 0 Å². The Balaban J connectivity index is 2.21. The number of hydrogen-bond acceptors (Lipinski definition) is 4. The van der Waals surface area contributed by atoms with Crippen LogP contribution in [0, 0.1) is 0 Å². The molecule has 1 fully saturated rings. The first-order chi connectivity index (χ1) is 7.20. The van der Waals surface area contributed by atoms with E-state index >= 15 is 0 Å². The minimum absolute atomic E-state index is 0.391. The number of hydrogen-bond donors (Lipinski definition) is 1. The largest absolute Gasteiger partial charge is 0.488 e. The molecule has 4 heteroatoms. The van der Waals surface area contributed by atoms with Gasteiger partial charge in [-0.1, -0.05) is 0 Å². The summed E-state index contributed by atoms with van der Waals surface area (Å²) in [6.07, 6.45) is 2.70. The normalized spacial score (nSPS) is 15.1. The Hall–Kier alpha value is -1.29. The Morgan fingerprint density at radius 1 is 1.47 bits per heavy atom. The van der Waals surface area contributed by atoms with Crippen molar-refractivity contribution in [1.82, 2.24) is 4.98 Å². The zero-order chi connectivity index (χ0) is 10.8. The number of nitrogens with two attached hydrogens (primary N) is 1. The van der Waals surface area contributed by atoms with E-state index in [9.17, 15) is 0 Å². The molecule has 0 radical (unpaired) electrons. The minimum atomic E-state index is 0.391. The molecule has 0 aliphatic heterocycles. The zero-order valence-corrected chi connectivity index (χ0v) is 9.23. The van der Waals surface area contributed by atoms with Gasteiger partial charge in [0.15, 0.2) is 0 Å². The van der Waals surface area contributed by atoms with E-state index in [1.165, 1.54) is 0 Å². The molecule has 0 aromatic carbocycles. The molecule has 2 N–H and O–H groups in total. The highest BCUT2D eigenvalue weighted by atomic mass is 16.5. The third kappa shape index (κ3) is 2.39. The first-order valence-electron chi connectivity index (χ1n) is 5.24. The molecule has 4 nitrogen and oxygen atoms in total. The number of rotatable bonds is 4. The van der Waals surface area contributed by atoms with Crippen LogP contribution in [0.4, 0.5) is 5.82 Å². The molecule has 2 rings (SSSR count). The van der Waals surface area contributed by atoms with Crippen molar-refractivity contribution in [2.75, 3.05) is 19.0 Å². The number of anilines is 1. The Morgan fingerprint density at radius 3 is 2.73 bits per heavy atom. The highest BCUT2D eigenvalue weighted by Gasteiger charge is 2.24. The average molecular weight is 207 g/mol. The van der Waals surface area contributed by atoms with E-state index in [1.807, 2.05) is 31.1 Å². The monoisotopic (exact) mass is 207 g/mol. The van der Waals surface area contributed by atoms with Gasteiger partial charge in [-0.15, -0.1) is 0 Å². The third-order valence-electron chi connectivity index (χ3n) is 2.39. The lowest BCUT2D eigenvalue weighted by atomic mass is 10.3. The molecule has 0 spiro atoms. The van der Waals surface area contributed by atoms with Gasteiger partial charge in [0.05, 0.1) is 11.8 Å². The highest BCUT2D eigenvalue weighted by Crippen LogP contribution is 2.29. The molecule has 82 valence electrons. The summed E-state index contributed by atoms with van der Waals surface area (Å²) in [4.78, 5) is 6.41. The summed E-state index contributed by atoms with van der Waals surface area (Å²) in [5.74, 6) is 1.75. The predicted molar refractivity (Wildman–Crippen MR) is 60.1 cm³/mol. The molecule has 0 unspecified atom stereocenters. The van der Waals surface area contributed by atoms with E-state index in [0.717, 1.165) is 30.1 Å². The van der Waals surface area contributed by atoms with Crippen LogP contribution in [0.1, 0.15) is 18.5 Å². The van der Waals surface area contributed by atoms with Gasteiger partial charge in [0, 0.05) is 20.6 Å². The van der Waals surface area contributed by atoms with Gasteiger partial charge >= 0.3 is 0 Å². The molecule has 0 bridgehead atoms.